The smallest absolute Gasteiger partial charge is 0.0923 e. The van der Waals surface area contributed by atoms with Crippen LogP contribution in [0.15, 0.2) is 42.6 Å². The Bertz CT molecular complexity index is 435. The van der Waals surface area contributed by atoms with Crippen molar-refractivity contribution in [2.45, 2.75) is 27.7 Å². The van der Waals surface area contributed by atoms with Crippen LogP contribution >= 0.6 is 0 Å². The van der Waals surface area contributed by atoms with Crippen molar-refractivity contribution < 1.29 is 0 Å². The third kappa shape index (κ3) is 4.74. The molecule has 2 aromatic rings. The second-order valence-electron chi connectivity index (χ2n) is 5.23. The Hall–Kier alpha value is -1.57. The molecule has 0 aliphatic heterocycles. The monoisotopic (exact) mass is 244 g/mol. The third-order valence-corrected chi connectivity index (χ3v) is 3.12. The topological polar surface area (TPSA) is 17.8 Å². The van der Waals surface area contributed by atoms with Gasteiger partial charge in [0.15, 0.2) is 0 Å². The van der Waals surface area contributed by atoms with Crippen LogP contribution in [0.4, 0.5) is 0 Å². The molecule has 2 heteroatoms. The van der Waals surface area contributed by atoms with Gasteiger partial charge in [-0.1, -0.05) is 58.0 Å². The maximum Gasteiger partial charge on any atom is 0.0923 e. The summed E-state index contributed by atoms with van der Waals surface area (Å²) < 4.78 is 1.81. The first-order chi connectivity index (χ1) is 8.50. The standard InChI is InChI=1S/C10H10N2.C6H14/c1-12-8-7-10(11-12)9-5-3-2-4-6-9;1-5(2)6(3)4/h2-8H,1H3;5-6H,1-4H3. The summed E-state index contributed by atoms with van der Waals surface area (Å²) in [5, 5.41) is 4.30. The minimum absolute atomic E-state index is 0.852. The lowest BCUT2D eigenvalue weighted by atomic mass is 10.0. The van der Waals surface area contributed by atoms with Gasteiger partial charge >= 0.3 is 0 Å². The molecule has 2 rings (SSSR count). The SMILES string of the molecule is CC(C)C(C)C.Cn1ccc(-c2ccccc2)n1. The number of rotatable bonds is 2. The summed E-state index contributed by atoms with van der Waals surface area (Å²) >= 11 is 0. The average molecular weight is 244 g/mol. The molecule has 0 radical (unpaired) electrons. The van der Waals surface area contributed by atoms with E-state index in [4.69, 9.17) is 0 Å². The highest BCUT2D eigenvalue weighted by molar-refractivity contribution is 5.57. The molecular weight excluding hydrogens is 220 g/mol. The van der Waals surface area contributed by atoms with Gasteiger partial charge in [0.05, 0.1) is 5.69 Å². The summed E-state index contributed by atoms with van der Waals surface area (Å²) in [4.78, 5) is 0. The number of aromatic nitrogens is 2. The Morgan fingerprint density at radius 2 is 1.44 bits per heavy atom. The Morgan fingerprint density at radius 1 is 0.889 bits per heavy atom. The van der Waals surface area contributed by atoms with Gasteiger partial charge in [-0.2, -0.15) is 5.10 Å². The van der Waals surface area contributed by atoms with Crippen molar-refractivity contribution in [2.24, 2.45) is 18.9 Å². The normalized spacial score (nSPS) is 10.4. The van der Waals surface area contributed by atoms with Gasteiger partial charge in [-0.15, -0.1) is 0 Å². The molecule has 0 atom stereocenters. The molecule has 0 fully saturated rings. The largest absolute Gasteiger partial charge is 0.275 e. The molecule has 0 spiro atoms. The molecule has 0 unspecified atom stereocenters. The zero-order valence-corrected chi connectivity index (χ0v) is 12.1. The molecule has 0 aliphatic carbocycles. The highest BCUT2D eigenvalue weighted by Crippen LogP contribution is 2.14. The summed E-state index contributed by atoms with van der Waals surface area (Å²) in [7, 11) is 1.92. The molecule has 0 amide bonds. The van der Waals surface area contributed by atoms with E-state index in [0.717, 1.165) is 23.1 Å². The molecule has 1 aromatic carbocycles. The molecular formula is C16H24N2. The van der Waals surface area contributed by atoms with Crippen LogP contribution in [0, 0.1) is 11.8 Å². The van der Waals surface area contributed by atoms with Crippen molar-refractivity contribution in [3.8, 4) is 11.3 Å². The van der Waals surface area contributed by atoms with Gasteiger partial charge in [-0.05, 0) is 17.9 Å². The van der Waals surface area contributed by atoms with Gasteiger partial charge < -0.3 is 0 Å². The fourth-order valence-electron chi connectivity index (χ4n) is 1.18. The van der Waals surface area contributed by atoms with E-state index in [1.165, 1.54) is 0 Å². The first kappa shape index (κ1) is 14.5. The molecule has 0 saturated heterocycles. The Kier molecular flexibility index (Phi) is 5.63. The van der Waals surface area contributed by atoms with E-state index < -0.39 is 0 Å². The first-order valence-corrected chi connectivity index (χ1v) is 6.55. The van der Waals surface area contributed by atoms with Crippen molar-refractivity contribution >= 4 is 0 Å². The molecule has 0 bridgehead atoms. The number of nitrogens with zero attached hydrogens (tertiary/aromatic N) is 2. The summed E-state index contributed by atoms with van der Waals surface area (Å²) in [5.41, 5.74) is 2.19. The fraction of sp³-hybridized carbons (Fsp3) is 0.438. The van der Waals surface area contributed by atoms with E-state index in [1.54, 1.807) is 0 Å². The number of hydrogen-bond donors (Lipinski definition) is 0. The molecule has 0 saturated carbocycles. The zero-order valence-electron chi connectivity index (χ0n) is 12.1. The fourth-order valence-corrected chi connectivity index (χ4v) is 1.18. The zero-order chi connectivity index (χ0) is 13.5. The van der Waals surface area contributed by atoms with E-state index in [2.05, 4.69) is 44.9 Å². The van der Waals surface area contributed by atoms with Crippen LogP contribution in [0.25, 0.3) is 11.3 Å². The van der Waals surface area contributed by atoms with Crippen molar-refractivity contribution in [3.63, 3.8) is 0 Å². The molecule has 18 heavy (non-hydrogen) atoms. The average Bonchev–Trinajstić information content (AvgIpc) is 2.78. The Balaban J connectivity index is 0.000000232. The Morgan fingerprint density at radius 3 is 1.83 bits per heavy atom. The summed E-state index contributed by atoms with van der Waals surface area (Å²) in [6, 6.07) is 12.2. The van der Waals surface area contributed by atoms with Gasteiger partial charge in [0.2, 0.25) is 0 Å². The number of hydrogen-bond acceptors (Lipinski definition) is 1. The second-order valence-corrected chi connectivity index (χ2v) is 5.23. The first-order valence-electron chi connectivity index (χ1n) is 6.55. The predicted octanol–water partition coefficient (Wildman–Crippen LogP) is 4.39. The van der Waals surface area contributed by atoms with Crippen LogP contribution in [0.3, 0.4) is 0 Å². The van der Waals surface area contributed by atoms with Crippen LogP contribution in [0.2, 0.25) is 0 Å². The maximum atomic E-state index is 4.30. The van der Waals surface area contributed by atoms with Crippen molar-refractivity contribution in [1.82, 2.24) is 9.78 Å². The molecule has 2 nitrogen and oxygen atoms in total. The summed E-state index contributed by atoms with van der Waals surface area (Å²) in [6.07, 6.45) is 1.95. The minimum Gasteiger partial charge on any atom is -0.275 e. The van der Waals surface area contributed by atoms with Crippen LogP contribution in [-0.2, 0) is 7.05 Å². The lowest BCUT2D eigenvalue weighted by Gasteiger charge is -2.05. The van der Waals surface area contributed by atoms with E-state index >= 15 is 0 Å². The lowest BCUT2D eigenvalue weighted by molar-refractivity contribution is 0.457. The van der Waals surface area contributed by atoms with Crippen molar-refractivity contribution in [1.29, 1.82) is 0 Å². The van der Waals surface area contributed by atoms with E-state index in [0.29, 0.717) is 0 Å². The van der Waals surface area contributed by atoms with Gasteiger partial charge in [-0.25, -0.2) is 0 Å². The second kappa shape index (κ2) is 7.00. The molecule has 1 heterocycles. The minimum atomic E-state index is 0.852. The highest BCUT2D eigenvalue weighted by Gasteiger charge is 1.97. The summed E-state index contributed by atoms with van der Waals surface area (Å²) in [5.74, 6) is 1.70. The number of aryl methyl sites for hydroxylation is 1. The molecule has 0 aliphatic rings. The van der Waals surface area contributed by atoms with Gasteiger partial charge in [0.25, 0.3) is 0 Å². The van der Waals surface area contributed by atoms with Gasteiger partial charge in [0, 0.05) is 18.8 Å². The van der Waals surface area contributed by atoms with Crippen LogP contribution < -0.4 is 0 Å². The Labute approximate surface area is 111 Å². The third-order valence-electron chi connectivity index (χ3n) is 3.12. The van der Waals surface area contributed by atoms with E-state index in [-0.39, 0.29) is 0 Å². The lowest BCUT2D eigenvalue weighted by Crippen LogP contribution is -1.95. The molecule has 1 aromatic heterocycles. The van der Waals surface area contributed by atoms with Crippen LogP contribution in [0.5, 0.6) is 0 Å². The van der Waals surface area contributed by atoms with Gasteiger partial charge in [0.1, 0.15) is 0 Å². The van der Waals surface area contributed by atoms with E-state index in [1.807, 2.05) is 42.2 Å². The predicted molar refractivity (Wildman–Crippen MR) is 78.3 cm³/mol. The quantitative estimate of drug-likeness (QED) is 0.766. The van der Waals surface area contributed by atoms with Crippen LogP contribution in [0.1, 0.15) is 27.7 Å². The van der Waals surface area contributed by atoms with E-state index in [9.17, 15) is 0 Å². The van der Waals surface area contributed by atoms with Crippen molar-refractivity contribution in [3.05, 3.63) is 42.6 Å². The van der Waals surface area contributed by atoms with Crippen LogP contribution in [-0.4, -0.2) is 9.78 Å². The van der Waals surface area contributed by atoms with Crippen molar-refractivity contribution in [2.75, 3.05) is 0 Å². The van der Waals surface area contributed by atoms with Gasteiger partial charge in [-0.3, -0.25) is 4.68 Å². The highest BCUT2D eigenvalue weighted by atomic mass is 15.2. The number of benzene rings is 1. The molecule has 98 valence electrons. The maximum absolute atomic E-state index is 4.30. The molecule has 0 N–H and O–H groups in total. The summed E-state index contributed by atoms with van der Waals surface area (Å²) in [6.45, 7) is 8.96.